The van der Waals surface area contributed by atoms with Crippen LogP contribution in [-0.4, -0.2) is 70.6 Å². The second kappa shape index (κ2) is 11.9. The molecule has 0 aromatic heterocycles. The van der Waals surface area contributed by atoms with Gasteiger partial charge in [0.2, 0.25) is 23.6 Å². The summed E-state index contributed by atoms with van der Waals surface area (Å²) in [6, 6.07) is -5.00. The van der Waals surface area contributed by atoms with Crippen LogP contribution in [-0.2, 0) is 24.0 Å². The van der Waals surface area contributed by atoms with E-state index in [-0.39, 0.29) is 12.3 Å². The fraction of sp³-hybridized carbons (Fsp3) is 0.688. The van der Waals surface area contributed by atoms with Gasteiger partial charge < -0.3 is 37.6 Å². The molecule has 4 unspecified atom stereocenters. The minimum Gasteiger partial charge on any atom is -0.480 e. The minimum atomic E-state index is -1.41. The van der Waals surface area contributed by atoms with Gasteiger partial charge in [-0.2, -0.15) is 0 Å². The van der Waals surface area contributed by atoms with Crippen LogP contribution in [0.2, 0.25) is 0 Å². The summed E-state index contributed by atoms with van der Waals surface area (Å²) >= 11 is 0. The van der Waals surface area contributed by atoms with Gasteiger partial charge in [0.15, 0.2) is 0 Å². The van der Waals surface area contributed by atoms with Crippen molar-refractivity contribution in [2.24, 2.45) is 17.4 Å². The van der Waals surface area contributed by atoms with Crippen molar-refractivity contribution in [2.75, 3.05) is 6.61 Å². The van der Waals surface area contributed by atoms with Gasteiger partial charge in [-0.1, -0.05) is 13.8 Å². The molecule has 12 nitrogen and oxygen atoms in total. The Morgan fingerprint density at radius 3 is 1.86 bits per heavy atom. The predicted octanol–water partition coefficient (Wildman–Crippen LogP) is -3.21. The first kappa shape index (κ1) is 25.3. The summed E-state index contributed by atoms with van der Waals surface area (Å²) in [4.78, 5) is 58.6. The van der Waals surface area contributed by atoms with Crippen LogP contribution in [0.15, 0.2) is 0 Å². The highest BCUT2D eigenvalue weighted by Crippen LogP contribution is 2.05. The van der Waals surface area contributed by atoms with Gasteiger partial charge in [0.05, 0.1) is 13.0 Å². The first-order chi connectivity index (χ1) is 12.9. The lowest BCUT2D eigenvalue weighted by atomic mass is 10.0. The molecule has 0 aliphatic rings. The average molecular weight is 403 g/mol. The topological polar surface area (TPSA) is 214 Å². The number of rotatable bonds is 12. The van der Waals surface area contributed by atoms with Gasteiger partial charge in [-0.25, -0.2) is 4.79 Å². The molecular formula is C16H29N5O7. The molecule has 0 aliphatic heterocycles. The van der Waals surface area contributed by atoms with E-state index < -0.39 is 66.8 Å². The monoisotopic (exact) mass is 403 g/mol. The normalized spacial score (nSPS) is 15.1. The Kier molecular flexibility index (Phi) is 10.7. The smallest absolute Gasteiger partial charge is 0.326 e. The molecule has 0 aliphatic carbocycles. The molecule has 4 amide bonds. The summed E-state index contributed by atoms with van der Waals surface area (Å²) in [5, 5.41) is 24.8. The van der Waals surface area contributed by atoms with E-state index in [2.05, 4.69) is 16.0 Å². The summed E-state index contributed by atoms with van der Waals surface area (Å²) < 4.78 is 0. The second-order valence-electron chi connectivity index (χ2n) is 6.78. The van der Waals surface area contributed by atoms with Crippen molar-refractivity contribution in [3.63, 3.8) is 0 Å². The number of carboxylic acid groups (broad SMARTS) is 1. The third kappa shape index (κ3) is 9.28. The van der Waals surface area contributed by atoms with Crippen molar-refractivity contribution in [3.05, 3.63) is 0 Å². The number of carbonyl (C=O) groups excluding carboxylic acids is 4. The number of hydrogen-bond donors (Lipinski definition) is 7. The lowest BCUT2D eigenvalue weighted by Gasteiger charge is -2.23. The highest BCUT2D eigenvalue weighted by molar-refractivity contribution is 5.95. The summed E-state index contributed by atoms with van der Waals surface area (Å²) in [5.41, 5.74) is 10.4. The third-order valence-corrected chi connectivity index (χ3v) is 3.65. The standard InChI is InChI=1S/C16H29N5O7/c1-7(2)4-11(16(27)28)21-13(24)8(3)19-15(26)10(5-12(18)23)20-14(25)9(17)6-22/h7-11,22H,4-6,17H2,1-3H3,(H2,18,23)(H,19,26)(H,20,25)(H,21,24)(H,27,28). The molecule has 0 radical (unpaired) electrons. The first-order valence-corrected chi connectivity index (χ1v) is 8.67. The van der Waals surface area contributed by atoms with Crippen molar-refractivity contribution in [1.29, 1.82) is 0 Å². The molecule has 28 heavy (non-hydrogen) atoms. The molecule has 12 heteroatoms. The van der Waals surface area contributed by atoms with Crippen LogP contribution >= 0.6 is 0 Å². The Balaban J connectivity index is 5.02. The molecule has 9 N–H and O–H groups in total. The van der Waals surface area contributed by atoms with Crippen LogP contribution in [0.3, 0.4) is 0 Å². The molecule has 0 saturated heterocycles. The maximum absolute atomic E-state index is 12.3. The summed E-state index contributed by atoms with van der Waals surface area (Å²) in [5.74, 6) is -4.62. The fourth-order valence-corrected chi connectivity index (χ4v) is 2.14. The summed E-state index contributed by atoms with van der Waals surface area (Å²) in [6.07, 6.45) is -0.365. The van der Waals surface area contributed by atoms with E-state index in [1.165, 1.54) is 6.92 Å². The zero-order valence-corrected chi connectivity index (χ0v) is 16.1. The molecule has 4 atom stereocenters. The van der Waals surface area contributed by atoms with E-state index in [0.717, 1.165) is 0 Å². The van der Waals surface area contributed by atoms with E-state index in [4.69, 9.17) is 21.7 Å². The van der Waals surface area contributed by atoms with E-state index in [1.807, 2.05) is 0 Å². The third-order valence-electron chi connectivity index (χ3n) is 3.65. The molecule has 0 spiro atoms. The molecular weight excluding hydrogens is 374 g/mol. The van der Waals surface area contributed by atoms with Crippen molar-refractivity contribution >= 4 is 29.6 Å². The number of aliphatic hydroxyl groups excluding tert-OH is 1. The number of nitrogens with one attached hydrogen (secondary N) is 3. The minimum absolute atomic E-state index is 0.0113. The van der Waals surface area contributed by atoms with E-state index in [9.17, 15) is 24.0 Å². The fourth-order valence-electron chi connectivity index (χ4n) is 2.14. The first-order valence-electron chi connectivity index (χ1n) is 8.67. The van der Waals surface area contributed by atoms with Gasteiger partial charge in [0.1, 0.15) is 24.2 Å². The molecule has 0 rings (SSSR count). The maximum Gasteiger partial charge on any atom is 0.326 e. The summed E-state index contributed by atoms with van der Waals surface area (Å²) in [6.45, 7) is 4.22. The SMILES string of the molecule is CC(C)CC(NC(=O)C(C)NC(=O)C(CC(N)=O)NC(=O)C(N)CO)C(=O)O. The number of primary amides is 1. The van der Waals surface area contributed by atoms with Gasteiger partial charge in [-0.05, 0) is 19.3 Å². The zero-order chi connectivity index (χ0) is 22.0. The Bertz CT molecular complexity index is 596. The number of aliphatic hydroxyl groups is 1. The van der Waals surface area contributed by atoms with Crippen molar-refractivity contribution < 1.29 is 34.2 Å². The molecule has 0 saturated carbocycles. The highest BCUT2D eigenvalue weighted by atomic mass is 16.4. The van der Waals surface area contributed by atoms with Gasteiger partial charge in [0.25, 0.3) is 0 Å². The predicted molar refractivity (Wildman–Crippen MR) is 97.4 cm³/mol. The molecule has 0 aromatic rings. The van der Waals surface area contributed by atoms with Crippen LogP contribution < -0.4 is 27.4 Å². The van der Waals surface area contributed by atoms with Crippen molar-refractivity contribution in [2.45, 2.75) is 57.8 Å². The van der Waals surface area contributed by atoms with Crippen LogP contribution in [0.5, 0.6) is 0 Å². The van der Waals surface area contributed by atoms with Gasteiger partial charge in [-0.3, -0.25) is 19.2 Å². The quantitative estimate of drug-likeness (QED) is 0.175. The second-order valence-corrected chi connectivity index (χ2v) is 6.78. The molecule has 0 heterocycles. The van der Waals surface area contributed by atoms with E-state index in [0.29, 0.717) is 0 Å². The highest BCUT2D eigenvalue weighted by Gasteiger charge is 2.29. The average Bonchev–Trinajstić information content (AvgIpc) is 2.58. The lowest BCUT2D eigenvalue weighted by Crippen LogP contribution is -2.57. The zero-order valence-electron chi connectivity index (χ0n) is 16.1. The van der Waals surface area contributed by atoms with E-state index in [1.54, 1.807) is 13.8 Å². The Labute approximate surface area is 162 Å². The summed E-state index contributed by atoms with van der Waals surface area (Å²) in [7, 11) is 0. The Morgan fingerprint density at radius 2 is 1.43 bits per heavy atom. The Hall–Kier alpha value is -2.73. The van der Waals surface area contributed by atoms with Crippen molar-refractivity contribution in [3.8, 4) is 0 Å². The van der Waals surface area contributed by atoms with Gasteiger partial charge in [0, 0.05) is 0 Å². The molecule has 160 valence electrons. The van der Waals surface area contributed by atoms with E-state index >= 15 is 0 Å². The van der Waals surface area contributed by atoms with Crippen LogP contribution in [0.4, 0.5) is 0 Å². The number of nitrogens with two attached hydrogens (primary N) is 2. The largest absolute Gasteiger partial charge is 0.480 e. The number of carboxylic acids is 1. The molecule has 0 aromatic carbocycles. The number of aliphatic carboxylic acids is 1. The van der Waals surface area contributed by atoms with Crippen LogP contribution in [0.1, 0.15) is 33.6 Å². The van der Waals surface area contributed by atoms with Gasteiger partial charge >= 0.3 is 5.97 Å². The number of carbonyl (C=O) groups is 5. The van der Waals surface area contributed by atoms with Gasteiger partial charge in [-0.15, -0.1) is 0 Å². The molecule has 0 fully saturated rings. The van der Waals surface area contributed by atoms with Crippen LogP contribution in [0.25, 0.3) is 0 Å². The van der Waals surface area contributed by atoms with Crippen molar-refractivity contribution in [1.82, 2.24) is 16.0 Å². The van der Waals surface area contributed by atoms with Crippen LogP contribution in [0, 0.1) is 5.92 Å². The maximum atomic E-state index is 12.3. The molecule has 0 bridgehead atoms. The lowest BCUT2D eigenvalue weighted by molar-refractivity contribution is -0.142. The number of hydrogen-bond acceptors (Lipinski definition) is 7. The number of amides is 4. The Morgan fingerprint density at radius 1 is 0.893 bits per heavy atom.